The normalized spacial score (nSPS) is 21.5. The van der Waals surface area contributed by atoms with Gasteiger partial charge in [-0.25, -0.2) is 0 Å². The summed E-state index contributed by atoms with van der Waals surface area (Å²) >= 11 is 6.81. The van der Waals surface area contributed by atoms with Crippen LogP contribution in [0.25, 0.3) is 10.9 Å². The topological polar surface area (TPSA) is 12.9 Å². The fourth-order valence-corrected chi connectivity index (χ4v) is 5.67. The Morgan fingerprint density at radius 1 is 0.643 bits per heavy atom. The van der Waals surface area contributed by atoms with Gasteiger partial charge in [0.2, 0.25) is 0 Å². The third-order valence-corrected chi connectivity index (χ3v) is 7.46. The number of fused-ring (bicyclic) bond motifs is 1. The zero-order valence-electron chi connectivity index (χ0n) is 17.4. The van der Waals surface area contributed by atoms with Gasteiger partial charge < -0.3 is 0 Å². The Bertz CT molecular complexity index is 750. The van der Waals surface area contributed by atoms with Gasteiger partial charge in [-0.3, -0.25) is 4.98 Å². The van der Waals surface area contributed by atoms with Gasteiger partial charge in [-0.2, -0.15) is 0 Å². The second-order valence-electron chi connectivity index (χ2n) is 9.24. The first kappa shape index (κ1) is 20.2. The van der Waals surface area contributed by atoms with E-state index in [1.165, 1.54) is 108 Å². The number of aromatic nitrogens is 1. The number of benzene rings is 1. The second kappa shape index (κ2) is 10.1. The molecule has 2 aliphatic carbocycles. The van der Waals surface area contributed by atoms with E-state index in [1.807, 2.05) is 0 Å². The molecule has 28 heavy (non-hydrogen) atoms. The van der Waals surface area contributed by atoms with E-state index in [9.17, 15) is 0 Å². The minimum atomic E-state index is 0.594. The van der Waals surface area contributed by atoms with Crippen LogP contribution in [0.2, 0.25) is 5.02 Å². The lowest BCUT2D eigenvalue weighted by Gasteiger charge is -2.21. The summed E-state index contributed by atoms with van der Waals surface area (Å²) in [5.41, 5.74) is 3.81. The molecule has 1 aromatic heterocycles. The SMILES string of the molecule is Clc1cc(C2CCCCCCC2)nc2ccc(C3CCCCCCCC3)cc12. The van der Waals surface area contributed by atoms with Gasteiger partial charge in [0.15, 0.2) is 0 Å². The van der Waals surface area contributed by atoms with Gasteiger partial charge in [0, 0.05) is 17.0 Å². The molecule has 1 aromatic carbocycles. The van der Waals surface area contributed by atoms with Gasteiger partial charge in [-0.05, 0) is 55.4 Å². The second-order valence-corrected chi connectivity index (χ2v) is 9.65. The molecule has 0 aliphatic heterocycles. The molecule has 0 amide bonds. The van der Waals surface area contributed by atoms with Crippen molar-refractivity contribution in [3.63, 3.8) is 0 Å². The van der Waals surface area contributed by atoms with Crippen molar-refractivity contribution < 1.29 is 0 Å². The van der Waals surface area contributed by atoms with Gasteiger partial charge >= 0.3 is 0 Å². The van der Waals surface area contributed by atoms with Crippen molar-refractivity contribution in [3.05, 3.63) is 40.5 Å². The molecule has 2 fully saturated rings. The van der Waals surface area contributed by atoms with Gasteiger partial charge in [-0.15, -0.1) is 0 Å². The molecular weight excluding hydrogens is 362 g/mol. The van der Waals surface area contributed by atoms with Crippen LogP contribution < -0.4 is 0 Å². The van der Waals surface area contributed by atoms with Crippen molar-refractivity contribution in [2.75, 3.05) is 0 Å². The standard InChI is InChI=1S/C26H36ClN/c27-24-19-26(21-14-10-6-3-7-11-15-21)28-25-17-16-22(18-23(24)25)20-12-8-4-1-2-5-9-13-20/h16-21H,1-15H2. The summed E-state index contributed by atoms with van der Waals surface area (Å²) in [7, 11) is 0. The molecule has 4 rings (SSSR count). The fourth-order valence-electron chi connectivity index (χ4n) is 5.40. The lowest BCUT2D eigenvalue weighted by molar-refractivity contribution is 0.450. The molecule has 2 saturated carbocycles. The third kappa shape index (κ3) is 5.09. The highest BCUT2D eigenvalue weighted by Gasteiger charge is 2.18. The van der Waals surface area contributed by atoms with Crippen LogP contribution >= 0.6 is 11.6 Å². The highest BCUT2D eigenvalue weighted by atomic mass is 35.5. The van der Waals surface area contributed by atoms with Gasteiger partial charge in [-0.1, -0.05) is 88.3 Å². The fraction of sp³-hybridized carbons (Fsp3) is 0.654. The van der Waals surface area contributed by atoms with Gasteiger partial charge in [0.05, 0.1) is 10.5 Å². The molecule has 2 aliphatic rings. The average molecular weight is 398 g/mol. The molecule has 0 saturated heterocycles. The van der Waals surface area contributed by atoms with Crippen molar-refractivity contribution >= 4 is 22.5 Å². The average Bonchev–Trinajstić information content (AvgIpc) is 2.81. The van der Waals surface area contributed by atoms with E-state index >= 15 is 0 Å². The lowest BCUT2D eigenvalue weighted by Crippen LogP contribution is -2.05. The van der Waals surface area contributed by atoms with E-state index in [0.29, 0.717) is 11.8 Å². The highest BCUT2D eigenvalue weighted by Crippen LogP contribution is 2.36. The maximum atomic E-state index is 6.81. The zero-order chi connectivity index (χ0) is 19.2. The van der Waals surface area contributed by atoms with Crippen molar-refractivity contribution in [2.24, 2.45) is 0 Å². The number of pyridine rings is 1. The Hall–Kier alpha value is -1.08. The molecule has 1 nitrogen and oxygen atoms in total. The van der Waals surface area contributed by atoms with Crippen molar-refractivity contribution in [3.8, 4) is 0 Å². The van der Waals surface area contributed by atoms with Crippen LogP contribution in [0.3, 0.4) is 0 Å². The summed E-state index contributed by atoms with van der Waals surface area (Å²) in [5, 5.41) is 2.07. The lowest BCUT2D eigenvalue weighted by atomic mass is 9.87. The first-order valence-electron chi connectivity index (χ1n) is 11.9. The van der Waals surface area contributed by atoms with E-state index in [4.69, 9.17) is 16.6 Å². The molecule has 2 heteroatoms. The molecule has 0 spiro atoms. The predicted molar refractivity (Wildman–Crippen MR) is 121 cm³/mol. The summed E-state index contributed by atoms with van der Waals surface area (Å²) in [4.78, 5) is 5.08. The summed E-state index contributed by atoms with van der Waals surface area (Å²) in [6, 6.07) is 9.13. The quantitative estimate of drug-likeness (QED) is 0.492. The van der Waals surface area contributed by atoms with Crippen molar-refractivity contribution in [1.29, 1.82) is 0 Å². The molecule has 0 bridgehead atoms. The van der Waals surface area contributed by atoms with Gasteiger partial charge in [0.1, 0.15) is 0 Å². The molecule has 1 heterocycles. The Balaban J connectivity index is 1.58. The monoisotopic (exact) mass is 397 g/mol. The molecule has 0 unspecified atom stereocenters. The van der Waals surface area contributed by atoms with E-state index in [1.54, 1.807) is 0 Å². The molecule has 0 atom stereocenters. The van der Waals surface area contributed by atoms with Crippen LogP contribution in [0.1, 0.15) is 119 Å². The van der Waals surface area contributed by atoms with Crippen LogP contribution in [-0.2, 0) is 0 Å². The van der Waals surface area contributed by atoms with Gasteiger partial charge in [0.25, 0.3) is 0 Å². The van der Waals surface area contributed by atoms with E-state index in [2.05, 4.69) is 24.3 Å². The zero-order valence-corrected chi connectivity index (χ0v) is 18.2. The van der Waals surface area contributed by atoms with Crippen LogP contribution in [0, 0.1) is 0 Å². The Morgan fingerprint density at radius 3 is 1.79 bits per heavy atom. The first-order valence-corrected chi connectivity index (χ1v) is 12.3. The third-order valence-electron chi connectivity index (χ3n) is 7.15. The van der Waals surface area contributed by atoms with Crippen molar-refractivity contribution in [2.45, 2.75) is 108 Å². The first-order chi connectivity index (χ1) is 13.8. The maximum absolute atomic E-state index is 6.81. The van der Waals surface area contributed by atoms with Crippen LogP contribution in [0.5, 0.6) is 0 Å². The summed E-state index contributed by atoms with van der Waals surface area (Å²) in [6.07, 6.45) is 20.4. The Morgan fingerprint density at radius 2 is 1.18 bits per heavy atom. The molecule has 2 aromatic rings. The molecule has 152 valence electrons. The van der Waals surface area contributed by atoms with Crippen LogP contribution in [0.4, 0.5) is 0 Å². The molecule has 0 radical (unpaired) electrons. The minimum absolute atomic E-state index is 0.594. The summed E-state index contributed by atoms with van der Waals surface area (Å²) < 4.78 is 0. The summed E-state index contributed by atoms with van der Waals surface area (Å²) in [5.74, 6) is 1.29. The van der Waals surface area contributed by atoms with Crippen LogP contribution in [0.15, 0.2) is 24.3 Å². The molecule has 0 N–H and O–H groups in total. The number of nitrogens with zero attached hydrogens (tertiary/aromatic N) is 1. The number of rotatable bonds is 2. The Kier molecular flexibility index (Phi) is 7.29. The largest absolute Gasteiger partial charge is 0.252 e. The Labute approximate surface area is 176 Å². The highest BCUT2D eigenvalue weighted by molar-refractivity contribution is 6.35. The van der Waals surface area contributed by atoms with E-state index < -0.39 is 0 Å². The number of hydrogen-bond donors (Lipinski definition) is 0. The van der Waals surface area contributed by atoms with E-state index in [-0.39, 0.29) is 0 Å². The minimum Gasteiger partial charge on any atom is -0.252 e. The maximum Gasteiger partial charge on any atom is 0.0720 e. The van der Waals surface area contributed by atoms with Crippen LogP contribution in [-0.4, -0.2) is 4.98 Å². The van der Waals surface area contributed by atoms with E-state index in [0.717, 1.165) is 15.9 Å². The summed E-state index contributed by atoms with van der Waals surface area (Å²) in [6.45, 7) is 0. The number of halogens is 1. The predicted octanol–water partition coefficient (Wildman–Crippen LogP) is 8.93. The molecular formula is C26H36ClN. The smallest absolute Gasteiger partial charge is 0.0720 e. The van der Waals surface area contributed by atoms with Crippen molar-refractivity contribution in [1.82, 2.24) is 4.98 Å². The number of hydrogen-bond acceptors (Lipinski definition) is 1.